The fourth-order valence-corrected chi connectivity index (χ4v) is 2.01. The maximum atomic E-state index is 11.7. The third kappa shape index (κ3) is 8.01. The molecule has 0 aliphatic heterocycles. The van der Waals surface area contributed by atoms with Crippen LogP contribution < -0.4 is 10.6 Å². The molecular formula is C15H23BrN2O. The summed E-state index contributed by atoms with van der Waals surface area (Å²) in [5.74, 6) is 0.770. The molecule has 0 atom stereocenters. The van der Waals surface area contributed by atoms with Crippen molar-refractivity contribution in [1.29, 1.82) is 0 Å². The van der Waals surface area contributed by atoms with Crippen LogP contribution in [-0.4, -0.2) is 19.0 Å². The summed E-state index contributed by atoms with van der Waals surface area (Å²) in [5.41, 5.74) is 0.829. The Kier molecular flexibility index (Phi) is 7.75. The molecule has 0 radical (unpaired) electrons. The molecule has 4 heteroatoms. The summed E-state index contributed by atoms with van der Waals surface area (Å²) in [7, 11) is 0. The number of unbranched alkanes of at least 4 members (excludes halogenated alkanes) is 1. The Balaban J connectivity index is 2.09. The van der Waals surface area contributed by atoms with E-state index in [1.165, 1.54) is 12.8 Å². The van der Waals surface area contributed by atoms with Crippen molar-refractivity contribution < 1.29 is 4.79 Å². The van der Waals surface area contributed by atoms with Crippen LogP contribution in [0.2, 0.25) is 0 Å². The van der Waals surface area contributed by atoms with Crippen LogP contribution in [0.4, 0.5) is 5.69 Å². The summed E-state index contributed by atoms with van der Waals surface area (Å²) >= 11 is 3.36. The number of amides is 1. The average Bonchev–Trinajstić information content (AvgIpc) is 2.36. The number of halogens is 1. The summed E-state index contributed by atoms with van der Waals surface area (Å²) < 4.78 is 1.01. The predicted octanol–water partition coefficient (Wildman–Crippen LogP) is 3.80. The highest BCUT2D eigenvalue weighted by Crippen LogP contribution is 2.13. The zero-order chi connectivity index (χ0) is 14.1. The van der Waals surface area contributed by atoms with Crippen molar-refractivity contribution in [3.63, 3.8) is 0 Å². The highest BCUT2D eigenvalue weighted by molar-refractivity contribution is 9.10. The molecule has 1 aromatic rings. The number of benzene rings is 1. The van der Waals surface area contributed by atoms with Gasteiger partial charge in [-0.15, -0.1) is 0 Å². The van der Waals surface area contributed by atoms with Crippen LogP contribution in [0.5, 0.6) is 0 Å². The number of hydrogen-bond donors (Lipinski definition) is 2. The minimum Gasteiger partial charge on any atom is -0.325 e. The Hall–Kier alpha value is -0.870. The molecule has 0 aliphatic carbocycles. The summed E-state index contributed by atoms with van der Waals surface area (Å²) in [6.45, 7) is 5.75. The summed E-state index contributed by atoms with van der Waals surface area (Å²) in [5, 5.41) is 6.03. The first-order valence-electron chi connectivity index (χ1n) is 6.84. The van der Waals surface area contributed by atoms with Gasteiger partial charge in [0, 0.05) is 10.2 Å². The molecule has 3 nitrogen and oxygen atoms in total. The minimum absolute atomic E-state index is 0.00572. The molecule has 0 bridgehead atoms. The van der Waals surface area contributed by atoms with Crippen LogP contribution in [0, 0.1) is 5.92 Å². The number of carbonyl (C=O) groups excluding carboxylic acids is 1. The second-order valence-electron chi connectivity index (χ2n) is 5.12. The fraction of sp³-hybridized carbons (Fsp3) is 0.533. The van der Waals surface area contributed by atoms with Gasteiger partial charge < -0.3 is 10.6 Å². The lowest BCUT2D eigenvalue weighted by Crippen LogP contribution is -2.28. The van der Waals surface area contributed by atoms with Gasteiger partial charge in [-0.3, -0.25) is 4.79 Å². The van der Waals surface area contributed by atoms with Crippen molar-refractivity contribution in [2.45, 2.75) is 33.1 Å². The molecule has 0 fully saturated rings. The number of anilines is 1. The topological polar surface area (TPSA) is 41.1 Å². The number of carbonyl (C=O) groups is 1. The van der Waals surface area contributed by atoms with Gasteiger partial charge in [0.15, 0.2) is 0 Å². The lowest BCUT2D eigenvalue weighted by atomic mass is 10.1. The lowest BCUT2D eigenvalue weighted by Gasteiger charge is -2.07. The van der Waals surface area contributed by atoms with Crippen molar-refractivity contribution in [2.24, 2.45) is 5.92 Å². The third-order valence-electron chi connectivity index (χ3n) is 2.80. The highest BCUT2D eigenvalue weighted by Gasteiger charge is 2.01. The Bertz CT molecular complexity index is 376. The van der Waals surface area contributed by atoms with Crippen LogP contribution in [-0.2, 0) is 4.79 Å². The lowest BCUT2D eigenvalue weighted by molar-refractivity contribution is -0.115. The summed E-state index contributed by atoms with van der Waals surface area (Å²) in [6.07, 6.45) is 3.61. The molecule has 0 saturated heterocycles. The zero-order valence-electron chi connectivity index (χ0n) is 11.7. The van der Waals surface area contributed by atoms with Gasteiger partial charge >= 0.3 is 0 Å². The molecule has 0 unspecified atom stereocenters. The van der Waals surface area contributed by atoms with Gasteiger partial charge in [0.2, 0.25) is 5.91 Å². The monoisotopic (exact) mass is 326 g/mol. The first-order chi connectivity index (χ1) is 9.08. The molecule has 0 saturated carbocycles. The van der Waals surface area contributed by atoms with Gasteiger partial charge in [-0.1, -0.05) is 42.6 Å². The SMILES string of the molecule is CC(C)CCCCNCC(=O)Nc1ccc(Br)cc1. The van der Waals surface area contributed by atoms with Crippen molar-refractivity contribution in [2.75, 3.05) is 18.4 Å². The van der Waals surface area contributed by atoms with Crippen molar-refractivity contribution in [3.8, 4) is 0 Å². The van der Waals surface area contributed by atoms with E-state index in [0.29, 0.717) is 6.54 Å². The average molecular weight is 327 g/mol. The van der Waals surface area contributed by atoms with E-state index in [0.717, 1.165) is 29.0 Å². The van der Waals surface area contributed by atoms with E-state index in [9.17, 15) is 4.79 Å². The zero-order valence-corrected chi connectivity index (χ0v) is 13.3. The van der Waals surface area contributed by atoms with E-state index in [2.05, 4.69) is 40.4 Å². The van der Waals surface area contributed by atoms with Gasteiger partial charge in [-0.25, -0.2) is 0 Å². The van der Waals surface area contributed by atoms with Gasteiger partial charge in [0.05, 0.1) is 6.54 Å². The molecule has 106 valence electrons. The standard InChI is InChI=1S/C15H23BrN2O/c1-12(2)5-3-4-10-17-11-15(19)18-14-8-6-13(16)7-9-14/h6-9,12,17H,3-5,10-11H2,1-2H3,(H,18,19). The first-order valence-corrected chi connectivity index (χ1v) is 7.63. The van der Waals surface area contributed by atoms with E-state index >= 15 is 0 Å². The molecule has 1 aromatic carbocycles. The van der Waals surface area contributed by atoms with Gasteiger partial charge in [0.1, 0.15) is 0 Å². The fourth-order valence-electron chi connectivity index (χ4n) is 1.74. The first kappa shape index (κ1) is 16.2. The van der Waals surface area contributed by atoms with Gasteiger partial charge in [-0.05, 0) is 43.1 Å². The molecule has 0 heterocycles. The van der Waals surface area contributed by atoms with E-state index in [1.54, 1.807) is 0 Å². The van der Waals surface area contributed by atoms with Crippen LogP contribution in [0.25, 0.3) is 0 Å². The van der Waals surface area contributed by atoms with Crippen molar-refractivity contribution in [3.05, 3.63) is 28.7 Å². The Morgan fingerprint density at radius 2 is 1.89 bits per heavy atom. The van der Waals surface area contributed by atoms with Gasteiger partial charge in [0.25, 0.3) is 0 Å². The third-order valence-corrected chi connectivity index (χ3v) is 3.33. The van der Waals surface area contributed by atoms with Crippen LogP contribution in [0.3, 0.4) is 0 Å². The predicted molar refractivity (Wildman–Crippen MR) is 84.3 cm³/mol. The minimum atomic E-state index is 0.00572. The van der Waals surface area contributed by atoms with E-state index in [-0.39, 0.29) is 5.91 Å². The van der Waals surface area contributed by atoms with E-state index < -0.39 is 0 Å². The van der Waals surface area contributed by atoms with E-state index in [4.69, 9.17) is 0 Å². The summed E-state index contributed by atoms with van der Waals surface area (Å²) in [6, 6.07) is 7.58. The molecule has 0 aromatic heterocycles. The van der Waals surface area contributed by atoms with Crippen LogP contribution >= 0.6 is 15.9 Å². The maximum Gasteiger partial charge on any atom is 0.238 e. The highest BCUT2D eigenvalue weighted by atomic mass is 79.9. The Morgan fingerprint density at radius 1 is 1.21 bits per heavy atom. The van der Waals surface area contributed by atoms with Gasteiger partial charge in [-0.2, -0.15) is 0 Å². The van der Waals surface area contributed by atoms with Crippen molar-refractivity contribution >= 4 is 27.5 Å². The van der Waals surface area contributed by atoms with E-state index in [1.807, 2.05) is 24.3 Å². The van der Waals surface area contributed by atoms with Crippen molar-refractivity contribution in [1.82, 2.24) is 5.32 Å². The largest absolute Gasteiger partial charge is 0.325 e. The number of nitrogens with one attached hydrogen (secondary N) is 2. The molecule has 2 N–H and O–H groups in total. The maximum absolute atomic E-state index is 11.7. The molecular weight excluding hydrogens is 304 g/mol. The quantitative estimate of drug-likeness (QED) is 0.713. The summed E-state index contributed by atoms with van der Waals surface area (Å²) in [4.78, 5) is 11.7. The molecule has 0 spiro atoms. The second-order valence-corrected chi connectivity index (χ2v) is 6.04. The molecule has 19 heavy (non-hydrogen) atoms. The molecule has 1 rings (SSSR count). The second kappa shape index (κ2) is 9.10. The number of hydrogen-bond acceptors (Lipinski definition) is 2. The molecule has 0 aliphatic rings. The van der Waals surface area contributed by atoms with Crippen LogP contribution in [0.1, 0.15) is 33.1 Å². The smallest absolute Gasteiger partial charge is 0.238 e. The number of rotatable bonds is 8. The molecule has 1 amide bonds. The Labute approximate surface area is 124 Å². The normalized spacial score (nSPS) is 10.7. The Morgan fingerprint density at radius 3 is 2.53 bits per heavy atom. The van der Waals surface area contributed by atoms with Crippen LogP contribution in [0.15, 0.2) is 28.7 Å².